The molecule has 31 heavy (non-hydrogen) atoms. The molecule has 1 atom stereocenters. The largest absolute Gasteiger partial charge is 0.484 e. The van der Waals surface area contributed by atoms with Gasteiger partial charge >= 0.3 is 5.91 Å². The van der Waals surface area contributed by atoms with Crippen LogP contribution in [0.4, 0.5) is 5.69 Å². The molecular weight excluding hydrogens is 422 g/mol. The minimum Gasteiger partial charge on any atom is -0.484 e. The molecule has 8 nitrogen and oxygen atoms in total. The lowest BCUT2D eigenvalue weighted by Gasteiger charge is -2.15. The van der Waals surface area contributed by atoms with Crippen LogP contribution in [-0.4, -0.2) is 23.8 Å². The zero-order chi connectivity index (χ0) is 21.8. The first-order chi connectivity index (χ1) is 15.0. The van der Waals surface area contributed by atoms with Gasteiger partial charge in [0.2, 0.25) is 5.91 Å². The smallest absolute Gasteiger partial charge is 0.301 e. The monoisotopic (exact) mass is 439 g/mol. The van der Waals surface area contributed by atoms with Crippen molar-refractivity contribution in [3.8, 4) is 5.75 Å². The number of furan rings is 1. The van der Waals surface area contributed by atoms with Gasteiger partial charge in [-0.05, 0) is 36.4 Å². The maximum Gasteiger partial charge on any atom is 0.301 e. The first-order valence-corrected chi connectivity index (χ1v) is 9.84. The Morgan fingerprint density at radius 1 is 1.06 bits per heavy atom. The molecule has 158 valence electrons. The summed E-state index contributed by atoms with van der Waals surface area (Å²) in [6, 6.07) is 17.9. The molecule has 0 spiro atoms. The van der Waals surface area contributed by atoms with Crippen LogP contribution in [0.2, 0.25) is 5.02 Å². The molecule has 1 fully saturated rings. The molecule has 0 unspecified atom stereocenters. The van der Waals surface area contributed by atoms with Crippen LogP contribution >= 0.6 is 11.6 Å². The van der Waals surface area contributed by atoms with Crippen LogP contribution < -0.4 is 20.5 Å². The van der Waals surface area contributed by atoms with E-state index in [1.165, 1.54) is 6.07 Å². The normalized spacial score (nSPS) is 15.9. The molecule has 3 aromatic rings. The lowest BCUT2D eigenvalue weighted by atomic mass is 10.2. The second-order valence-electron chi connectivity index (χ2n) is 6.74. The fraction of sp³-hybridized carbons (Fsp3) is 0.136. The summed E-state index contributed by atoms with van der Waals surface area (Å²) in [5, 5.41) is 0.469. The number of nitrogens with one attached hydrogen (secondary N) is 2. The van der Waals surface area contributed by atoms with Gasteiger partial charge in [-0.15, -0.1) is 0 Å². The highest BCUT2D eigenvalue weighted by molar-refractivity contribution is 6.32. The van der Waals surface area contributed by atoms with Gasteiger partial charge in [0, 0.05) is 0 Å². The van der Waals surface area contributed by atoms with Gasteiger partial charge in [0.1, 0.15) is 24.2 Å². The summed E-state index contributed by atoms with van der Waals surface area (Å²) in [6.07, 6.45) is -0.0664. The fourth-order valence-corrected chi connectivity index (χ4v) is 3.29. The van der Waals surface area contributed by atoms with E-state index in [1.807, 2.05) is 0 Å². The van der Waals surface area contributed by atoms with Crippen LogP contribution in [0.3, 0.4) is 0 Å². The van der Waals surface area contributed by atoms with Crippen LogP contribution in [0.25, 0.3) is 0 Å². The van der Waals surface area contributed by atoms with Crippen molar-refractivity contribution in [2.24, 2.45) is 0 Å². The number of carbonyl (C=O) groups is 3. The molecule has 1 aliphatic rings. The number of hydrogen-bond donors (Lipinski definition) is 2. The highest BCUT2D eigenvalue weighted by Gasteiger charge is 2.39. The molecule has 0 saturated carbocycles. The van der Waals surface area contributed by atoms with Gasteiger partial charge in [0.15, 0.2) is 5.76 Å². The number of anilines is 1. The van der Waals surface area contributed by atoms with Crippen LogP contribution in [0.5, 0.6) is 5.75 Å². The van der Waals surface area contributed by atoms with Crippen LogP contribution in [-0.2, 0) is 16.2 Å². The van der Waals surface area contributed by atoms with Gasteiger partial charge < -0.3 is 9.15 Å². The molecule has 0 aliphatic carbocycles. The summed E-state index contributed by atoms with van der Waals surface area (Å²) in [5.74, 6) is -0.415. The average Bonchev–Trinajstić information content (AvgIpc) is 3.36. The second kappa shape index (κ2) is 9.03. The Bertz CT molecular complexity index is 1120. The van der Waals surface area contributed by atoms with Gasteiger partial charge in [0.25, 0.3) is 5.91 Å². The SMILES string of the molecule is O=C(NN[C@@H]1CC(=O)N(c2ccccc2)C1=O)c1ccc(COc2ccccc2Cl)o1. The van der Waals surface area contributed by atoms with Crippen LogP contribution in [0.1, 0.15) is 22.7 Å². The van der Waals surface area contributed by atoms with Crippen molar-refractivity contribution in [2.75, 3.05) is 4.90 Å². The molecule has 0 radical (unpaired) electrons. The van der Waals surface area contributed by atoms with Gasteiger partial charge in [-0.1, -0.05) is 41.9 Å². The number of halogens is 1. The van der Waals surface area contributed by atoms with Crippen molar-refractivity contribution in [1.82, 2.24) is 10.9 Å². The first kappa shape index (κ1) is 20.6. The Kier molecular flexibility index (Phi) is 6.01. The number of imide groups is 1. The Labute approximate surface area is 182 Å². The van der Waals surface area contributed by atoms with Gasteiger partial charge in [-0.25, -0.2) is 10.3 Å². The summed E-state index contributed by atoms with van der Waals surface area (Å²) >= 11 is 6.04. The maximum absolute atomic E-state index is 12.6. The minimum absolute atomic E-state index is 0.0296. The average molecular weight is 440 g/mol. The standard InChI is InChI=1S/C22H18ClN3O5/c23-16-8-4-5-9-18(16)30-13-15-10-11-19(31-15)21(28)25-24-17-12-20(27)26(22(17)29)14-6-2-1-3-7-14/h1-11,17,24H,12-13H2,(H,25,28)/t17-/m1/s1. The van der Waals surface area contributed by atoms with E-state index in [0.717, 1.165) is 4.90 Å². The predicted molar refractivity (Wildman–Crippen MR) is 112 cm³/mol. The van der Waals surface area contributed by atoms with Crippen molar-refractivity contribution < 1.29 is 23.5 Å². The van der Waals surface area contributed by atoms with Crippen molar-refractivity contribution in [3.05, 3.63) is 83.3 Å². The number of para-hydroxylation sites is 2. The molecule has 1 aromatic heterocycles. The number of hydrogen-bond acceptors (Lipinski definition) is 6. The Balaban J connectivity index is 1.32. The number of carbonyl (C=O) groups excluding carboxylic acids is 3. The third-order valence-electron chi connectivity index (χ3n) is 4.61. The topological polar surface area (TPSA) is 101 Å². The first-order valence-electron chi connectivity index (χ1n) is 9.46. The molecule has 2 aromatic carbocycles. The maximum atomic E-state index is 12.6. The van der Waals surface area contributed by atoms with E-state index in [0.29, 0.717) is 22.2 Å². The summed E-state index contributed by atoms with van der Waals surface area (Å²) in [5.41, 5.74) is 5.52. The van der Waals surface area contributed by atoms with Crippen LogP contribution in [0.15, 0.2) is 71.1 Å². The van der Waals surface area contributed by atoms with Crippen molar-refractivity contribution in [2.45, 2.75) is 19.1 Å². The van der Waals surface area contributed by atoms with Gasteiger partial charge in [0.05, 0.1) is 17.1 Å². The van der Waals surface area contributed by atoms with Gasteiger partial charge in [-0.2, -0.15) is 0 Å². The van der Waals surface area contributed by atoms with E-state index in [-0.39, 0.29) is 24.7 Å². The molecule has 0 bridgehead atoms. The fourth-order valence-electron chi connectivity index (χ4n) is 3.10. The molecule has 2 N–H and O–H groups in total. The number of nitrogens with zero attached hydrogens (tertiary/aromatic N) is 1. The van der Waals surface area contributed by atoms with E-state index in [9.17, 15) is 14.4 Å². The van der Waals surface area contributed by atoms with E-state index in [2.05, 4.69) is 10.9 Å². The van der Waals surface area contributed by atoms with Crippen molar-refractivity contribution in [1.29, 1.82) is 0 Å². The Morgan fingerprint density at radius 3 is 2.58 bits per heavy atom. The Hall–Kier alpha value is -3.62. The van der Waals surface area contributed by atoms with Crippen molar-refractivity contribution >= 4 is 35.0 Å². The van der Waals surface area contributed by atoms with Gasteiger partial charge in [-0.3, -0.25) is 19.8 Å². The number of hydrazine groups is 1. The zero-order valence-corrected chi connectivity index (χ0v) is 17.0. The third kappa shape index (κ3) is 4.60. The second-order valence-corrected chi connectivity index (χ2v) is 7.15. The molecule has 3 amide bonds. The highest BCUT2D eigenvalue weighted by Crippen LogP contribution is 2.24. The number of amides is 3. The summed E-state index contributed by atoms with van der Waals surface area (Å²) in [7, 11) is 0. The molecule has 1 aliphatic heterocycles. The number of rotatable bonds is 7. The quantitative estimate of drug-likeness (QED) is 0.433. The minimum atomic E-state index is -0.866. The highest BCUT2D eigenvalue weighted by atomic mass is 35.5. The number of ether oxygens (including phenoxy) is 1. The van der Waals surface area contributed by atoms with Crippen molar-refractivity contribution in [3.63, 3.8) is 0 Å². The molecular formula is C22H18ClN3O5. The van der Waals surface area contributed by atoms with E-state index in [1.54, 1.807) is 60.7 Å². The summed E-state index contributed by atoms with van der Waals surface area (Å²) in [4.78, 5) is 38.2. The molecule has 4 rings (SSSR count). The van der Waals surface area contributed by atoms with Crippen LogP contribution in [0, 0.1) is 0 Å². The van der Waals surface area contributed by atoms with E-state index in [4.69, 9.17) is 20.8 Å². The molecule has 2 heterocycles. The zero-order valence-electron chi connectivity index (χ0n) is 16.2. The summed E-state index contributed by atoms with van der Waals surface area (Å²) < 4.78 is 11.1. The number of benzene rings is 2. The lowest BCUT2D eigenvalue weighted by molar-refractivity contribution is -0.121. The predicted octanol–water partition coefficient (Wildman–Crippen LogP) is 3.08. The molecule has 1 saturated heterocycles. The third-order valence-corrected chi connectivity index (χ3v) is 4.93. The summed E-state index contributed by atoms with van der Waals surface area (Å²) in [6.45, 7) is 0.0894. The van der Waals surface area contributed by atoms with E-state index >= 15 is 0 Å². The lowest BCUT2D eigenvalue weighted by Crippen LogP contribution is -2.48. The Morgan fingerprint density at radius 2 is 1.81 bits per heavy atom. The van der Waals surface area contributed by atoms with E-state index < -0.39 is 17.9 Å². The molecule has 9 heteroatoms.